The SMILES string of the molecule is C=C(C#N)[N+](=O)[O-]. The van der Waals surface area contributed by atoms with E-state index in [1.807, 2.05) is 0 Å². The zero-order valence-corrected chi connectivity index (χ0v) is 3.42. The zero-order chi connectivity index (χ0) is 5.86. The molecule has 0 rings (SSSR count). The number of rotatable bonds is 1. The Bertz CT molecular complexity index is 144. The van der Waals surface area contributed by atoms with Crippen LogP contribution in [-0.2, 0) is 0 Å². The molecule has 0 amide bonds. The van der Waals surface area contributed by atoms with Gasteiger partial charge >= 0.3 is 5.70 Å². The normalized spacial score (nSPS) is 6.71. The molecule has 0 fully saturated rings. The summed E-state index contributed by atoms with van der Waals surface area (Å²) in [6.45, 7) is 2.81. The number of allylic oxidation sites excluding steroid dienone is 1. The van der Waals surface area contributed by atoms with Crippen LogP contribution < -0.4 is 0 Å². The Hall–Kier alpha value is -1.37. The summed E-state index contributed by atoms with van der Waals surface area (Å²) < 4.78 is 0. The molecular weight excluding hydrogens is 96.0 g/mol. The van der Waals surface area contributed by atoms with Crippen molar-refractivity contribution in [2.45, 2.75) is 0 Å². The Kier molecular flexibility index (Phi) is 1.55. The zero-order valence-electron chi connectivity index (χ0n) is 3.42. The van der Waals surface area contributed by atoms with Crippen LogP contribution in [0.3, 0.4) is 0 Å². The monoisotopic (exact) mass is 98.0 g/mol. The molecule has 0 saturated carbocycles. The topological polar surface area (TPSA) is 66.9 Å². The summed E-state index contributed by atoms with van der Waals surface area (Å²) in [7, 11) is 0. The van der Waals surface area contributed by atoms with E-state index in [9.17, 15) is 10.1 Å². The van der Waals surface area contributed by atoms with Crippen molar-refractivity contribution in [2.24, 2.45) is 0 Å². The lowest BCUT2D eigenvalue weighted by molar-refractivity contribution is -0.416. The predicted molar refractivity (Wildman–Crippen MR) is 21.7 cm³/mol. The van der Waals surface area contributed by atoms with Crippen LogP contribution in [0.1, 0.15) is 0 Å². The number of nitriles is 1. The first-order chi connectivity index (χ1) is 3.18. The molecule has 0 unspecified atom stereocenters. The Morgan fingerprint density at radius 1 is 2.00 bits per heavy atom. The first-order valence-corrected chi connectivity index (χ1v) is 1.42. The highest BCUT2D eigenvalue weighted by Crippen LogP contribution is 1.82. The van der Waals surface area contributed by atoms with Gasteiger partial charge in [0.25, 0.3) is 0 Å². The van der Waals surface area contributed by atoms with Gasteiger partial charge in [0.15, 0.2) is 6.07 Å². The van der Waals surface area contributed by atoms with Gasteiger partial charge in [0.1, 0.15) is 0 Å². The molecule has 0 saturated heterocycles. The minimum absolute atomic E-state index is 0.625. The molecule has 0 atom stereocenters. The van der Waals surface area contributed by atoms with Gasteiger partial charge in [-0.1, -0.05) is 0 Å². The van der Waals surface area contributed by atoms with E-state index in [1.165, 1.54) is 6.07 Å². The molecule has 0 heterocycles. The fraction of sp³-hybridized carbons (Fsp3) is 0. The molecule has 0 aliphatic rings. The first-order valence-electron chi connectivity index (χ1n) is 1.42. The summed E-state index contributed by atoms with van der Waals surface area (Å²) in [6.07, 6.45) is 0. The molecule has 7 heavy (non-hydrogen) atoms. The molecule has 0 spiro atoms. The highest BCUT2D eigenvalue weighted by molar-refractivity contribution is 5.05. The summed E-state index contributed by atoms with van der Waals surface area (Å²) in [6, 6.07) is 1.27. The van der Waals surface area contributed by atoms with Crippen LogP contribution >= 0.6 is 0 Å². The average Bonchev–Trinajstić information content (AvgIpc) is 1.65. The summed E-state index contributed by atoms with van der Waals surface area (Å²) in [5.41, 5.74) is -0.625. The van der Waals surface area contributed by atoms with Gasteiger partial charge in [-0.25, -0.2) is 0 Å². The Morgan fingerprint density at radius 2 is 2.43 bits per heavy atom. The molecule has 0 aromatic carbocycles. The molecule has 0 aliphatic carbocycles. The van der Waals surface area contributed by atoms with Crippen LogP contribution in [0.2, 0.25) is 0 Å². The largest absolute Gasteiger partial charge is 0.338 e. The maximum Gasteiger partial charge on any atom is 0.338 e. The van der Waals surface area contributed by atoms with Crippen LogP contribution in [0.5, 0.6) is 0 Å². The van der Waals surface area contributed by atoms with Crippen molar-refractivity contribution >= 4 is 0 Å². The van der Waals surface area contributed by atoms with E-state index in [0.717, 1.165) is 0 Å². The van der Waals surface area contributed by atoms with Crippen LogP contribution in [0, 0.1) is 21.4 Å². The lowest BCUT2D eigenvalue weighted by Crippen LogP contribution is -1.91. The second kappa shape index (κ2) is 1.92. The molecule has 4 nitrogen and oxygen atoms in total. The fourth-order valence-corrected chi connectivity index (χ4v) is 0.0408. The van der Waals surface area contributed by atoms with Crippen LogP contribution in [-0.4, -0.2) is 4.92 Å². The van der Waals surface area contributed by atoms with E-state index in [2.05, 4.69) is 6.58 Å². The van der Waals surface area contributed by atoms with Gasteiger partial charge in [0.2, 0.25) is 0 Å². The van der Waals surface area contributed by atoms with E-state index in [1.54, 1.807) is 0 Å². The van der Waals surface area contributed by atoms with Crippen molar-refractivity contribution in [3.05, 3.63) is 22.4 Å². The molecule has 0 N–H and O–H groups in total. The minimum Gasteiger partial charge on any atom is -0.258 e. The summed E-state index contributed by atoms with van der Waals surface area (Å²) in [4.78, 5) is 8.58. The molecular formula is C3H2N2O2. The standard InChI is InChI=1S/C3H2N2O2/c1-3(2-4)5(6)7/h1H2. The van der Waals surface area contributed by atoms with Crippen molar-refractivity contribution in [2.75, 3.05) is 0 Å². The third kappa shape index (κ3) is 1.49. The lowest BCUT2D eigenvalue weighted by atomic mass is 10.6. The van der Waals surface area contributed by atoms with Crippen LogP contribution in [0.15, 0.2) is 12.3 Å². The third-order valence-corrected chi connectivity index (χ3v) is 0.349. The van der Waals surface area contributed by atoms with Crippen molar-refractivity contribution < 1.29 is 4.92 Å². The molecule has 0 aromatic heterocycles. The van der Waals surface area contributed by atoms with Gasteiger partial charge < -0.3 is 0 Å². The van der Waals surface area contributed by atoms with Crippen molar-refractivity contribution in [1.29, 1.82) is 5.26 Å². The van der Waals surface area contributed by atoms with Crippen molar-refractivity contribution in [3.63, 3.8) is 0 Å². The maximum atomic E-state index is 9.41. The Morgan fingerprint density at radius 3 is 2.43 bits per heavy atom. The molecule has 0 radical (unpaired) electrons. The van der Waals surface area contributed by atoms with Crippen LogP contribution in [0.25, 0.3) is 0 Å². The first kappa shape index (κ1) is 5.63. The van der Waals surface area contributed by atoms with E-state index in [4.69, 9.17) is 5.26 Å². The van der Waals surface area contributed by atoms with E-state index >= 15 is 0 Å². The van der Waals surface area contributed by atoms with Gasteiger partial charge in [-0.05, 0) is 6.58 Å². The second-order valence-corrected chi connectivity index (χ2v) is 0.816. The second-order valence-electron chi connectivity index (χ2n) is 0.816. The van der Waals surface area contributed by atoms with Gasteiger partial charge in [-0.3, -0.25) is 10.1 Å². The number of nitro groups is 1. The van der Waals surface area contributed by atoms with Crippen LogP contribution in [0.4, 0.5) is 0 Å². The summed E-state index contributed by atoms with van der Waals surface area (Å²) in [5.74, 6) is 0. The van der Waals surface area contributed by atoms with Gasteiger partial charge in [0, 0.05) is 0 Å². The van der Waals surface area contributed by atoms with Crippen molar-refractivity contribution in [3.8, 4) is 6.07 Å². The lowest BCUT2D eigenvalue weighted by Gasteiger charge is -1.75. The van der Waals surface area contributed by atoms with E-state index < -0.39 is 10.6 Å². The van der Waals surface area contributed by atoms with Gasteiger partial charge in [-0.15, -0.1) is 0 Å². The van der Waals surface area contributed by atoms with Gasteiger partial charge in [0.05, 0.1) is 4.92 Å². The maximum absolute atomic E-state index is 9.41. The average molecular weight is 98.1 g/mol. The minimum atomic E-state index is -0.833. The molecule has 0 aliphatic heterocycles. The Labute approximate surface area is 39.8 Å². The summed E-state index contributed by atoms with van der Waals surface area (Å²) in [5, 5.41) is 17.1. The predicted octanol–water partition coefficient (Wildman–Crippen LogP) is 0.300. The number of nitrogens with zero attached hydrogens (tertiary/aromatic N) is 2. The molecule has 4 heteroatoms. The summed E-state index contributed by atoms with van der Waals surface area (Å²) >= 11 is 0. The van der Waals surface area contributed by atoms with E-state index in [0.29, 0.717) is 0 Å². The Balaban J connectivity index is 3.90. The number of hydrogen-bond acceptors (Lipinski definition) is 3. The number of hydrogen-bond donors (Lipinski definition) is 0. The van der Waals surface area contributed by atoms with Gasteiger partial charge in [-0.2, -0.15) is 5.26 Å². The quantitative estimate of drug-likeness (QED) is 0.269. The third-order valence-electron chi connectivity index (χ3n) is 0.349. The molecule has 36 valence electrons. The molecule has 0 bridgehead atoms. The molecule has 0 aromatic rings. The fourth-order valence-electron chi connectivity index (χ4n) is 0.0408. The smallest absolute Gasteiger partial charge is 0.258 e. The highest BCUT2D eigenvalue weighted by atomic mass is 16.6. The van der Waals surface area contributed by atoms with Crippen molar-refractivity contribution in [1.82, 2.24) is 0 Å². The van der Waals surface area contributed by atoms with E-state index in [-0.39, 0.29) is 0 Å². The highest BCUT2D eigenvalue weighted by Gasteiger charge is 1.99.